The van der Waals surface area contributed by atoms with Crippen LogP contribution in [0.4, 0.5) is 10.8 Å². The van der Waals surface area contributed by atoms with Gasteiger partial charge in [-0.1, -0.05) is 17.7 Å². The second kappa shape index (κ2) is 6.52. The molecule has 0 spiro atoms. The Labute approximate surface area is 144 Å². The fourth-order valence-electron chi connectivity index (χ4n) is 2.24. The summed E-state index contributed by atoms with van der Waals surface area (Å²) in [4.78, 5) is 15.9. The Bertz CT molecular complexity index is 856. The van der Waals surface area contributed by atoms with Crippen LogP contribution in [0.25, 0.3) is 11.3 Å². The Balaban J connectivity index is 1.82. The number of halogens is 1. The zero-order valence-corrected chi connectivity index (χ0v) is 14.3. The van der Waals surface area contributed by atoms with Crippen molar-refractivity contribution in [3.8, 4) is 11.3 Å². The van der Waals surface area contributed by atoms with Gasteiger partial charge in [-0.3, -0.25) is 4.79 Å². The third-order valence-electron chi connectivity index (χ3n) is 3.52. The lowest BCUT2D eigenvalue weighted by Crippen LogP contribution is -1.94. The van der Waals surface area contributed by atoms with Gasteiger partial charge < -0.3 is 5.32 Å². The third-order valence-corrected chi connectivity index (χ3v) is 4.52. The van der Waals surface area contributed by atoms with Crippen LogP contribution >= 0.6 is 22.9 Å². The van der Waals surface area contributed by atoms with Gasteiger partial charge in [0, 0.05) is 27.2 Å². The first-order valence-electron chi connectivity index (χ1n) is 7.13. The molecule has 23 heavy (non-hydrogen) atoms. The zero-order valence-electron chi connectivity index (χ0n) is 12.8. The number of carbonyl (C=O) groups excluding carboxylic acids is 1. The van der Waals surface area contributed by atoms with E-state index in [9.17, 15) is 4.79 Å². The lowest BCUT2D eigenvalue weighted by molar-refractivity contribution is 0.101. The summed E-state index contributed by atoms with van der Waals surface area (Å²) in [6.45, 7) is 3.60. The summed E-state index contributed by atoms with van der Waals surface area (Å²) in [5.74, 6) is 0.0597. The van der Waals surface area contributed by atoms with Crippen molar-refractivity contribution < 1.29 is 4.79 Å². The molecule has 3 aromatic rings. The lowest BCUT2D eigenvalue weighted by atomic mass is 10.1. The summed E-state index contributed by atoms with van der Waals surface area (Å²) in [6, 6.07) is 13.2. The van der Waals surface area contributed by atoms with E-state index in [1.165, 1.54) is 11.3 Å². The molecule has 0 saturated heterocycles. The third kappa shape index (κ3) is 3.60. The monoisotopic (exact) mass is 342 g/mol. The van der Waals surface area contributed by atoms with Crippen molar-refractivity contribution in [3.63, 3.8) is 0 Å². The summed E-state index contributed by atoms with van der Waals surface area (Å²) in [5.41, 5.74) is 4.67. The van der Waals surface area contributed by atoms with E-state index in [4.69, 9.17) is 11.6 Å². The molecular formula is C18H15ClN2OS. The molecule has 0 aliphatic rings. The van der Waals surface area contributed by atoms with Gasteiger partial charge in [-0.05, 0) is 55.8 Å². The molecule has 1 N–H and O–H groups in total. The molecule has 0 bridgehead atoms. The topological polar surface area (TPSA) is 42.0 Å². The quantitative estimate of drug-likeness (QED) is 0.617. The molecular weight excluding hydrogens is 328 g/mol. The lowest BCUT2D eigenvalue weighted by Gasteiger charge is -2.04. The largest absolute Gasteiger partial charge is 0.332 e. The molecule has 5 heteroatoms. The highest BCUT2D eigenvalue weighted by molar-refractivity contribution is 7.14. The second-order valence-electron chi connectivity index (χ2n) is 5.26. The Morgan fingerprint density at radius 1 is 1.17 bits per heavy atom. The second-order valence-corrected chi connectivity index (χ2v) is 6.55. The molecule has 3 nitrogen and oxygen atoms in total. The predicted octanol–water partition coefficient (Wildman–Crippen LogP) is 5.72. The van der Waals surface area contributed by atoms with Gasteiger partial charge in [0.15, 0.2) is 10.9 Å². The van der Waals surface area contributed by atoms with E-state index in [1.54, 1.807) is 19.1 Å². The Morgan fingerprint density at radius 2 is 1.91 bits per heavy atom. The molecule has 0 atom stereocenters. The molecule has 2 aromatic carbocycles. The molecule has 116 valence electrons. The smallest absolute Gasteiger partial charge is 0.187 e. The number of benzene rings is 2. The van der Waals surface area contributed by atoms with Crippen LogP contribution in [0.5, 0.6) is 0 Å². The SMILES string of the molecule is CC(=O)c1ccc(Nc2nc(-c3cc(Cl)ccc3C)cs2)cc1. The minimum Gasteiger partial charge on any atom is -0.332 e. The van der Waals surface area contributed by atoms with E-state index in [-0.39, 0.29) is 5.78 Å². The zero-order chi connectivity index (χ0) is 16.4. The predicted molar refractivity (Wildman–Crippen MR) is 97.0 cm³/mol. The van der Waals surface area contributed by atoms with E-state index in [2.05, 4.69) is 10.3 Å². The number of thiazole rings is 1. The van der Waals surface area contributed by atoms with E-state index < -0.39 is 0 Å². The number of hydrogen-bond acceptors (Lipinski definition) is 4. The van der Waals surface area contributed by atoms with Gasteiger partial charge in [-0.25, -0.2) is 4.98 Å². The van der Waals surface area contributed by atoms with Crippen LogP contribution in [0.1, 0.15) is 22.8 Å². The molecule has 1 aromatic heterocycles. The minimum absolute atomic E-state index is 0.0597. The molecule has 0 amide bonds. The van der Waals surface area contributed by atoms with Crippen molar-refractivity contribution in [2.24, 2.45) is 0 Å². The first kappa shape index (κ1) is 15.7. The highest BCUT2D eigenvalue weighted by atomic mass is 35.5. The van der Waals surface area contributed by atoms with Gasteiger partial charge in [-0.2, -0.15) is 0 Å². The molecule has 0 unspecified atom stereocenters. The summed E-state index contributed by atoms with van der Waals surface area (Å²) in [6.07, 6.45) is 0. The molecule has 0 fully saturated rings. The summed E-state index contributed by atoms with van der Waals surface area (Å²) in [5, 5.41) is 6.76. The van der Waals surface area contributed by atoms with Crippen molar-refractivity contribution in [1.29, 1.82) is 0 Å². The summed E-state index contributed by atoms with van der Waals surface area (Å²) < 4.78 is 0. The number of nitrogens with zero attached hydrogens (tertiary/aromatic N) is 1. The van der Waals surface area contributed by atoms with Gasteiger partial charge in [0.05, 0.1) is 5.69 Å². The average Bonchev–Trinajstić information content (AvgIpc) is 2.98. The van der Waals surface area contributed by atoms with Crippen LogP contribution in [0.3, 0.4) is 0 Å². The maximum absolute atomic E-state index is 11.3. The van der Waals surface area contributed by atoms with Crippen LogP contribution in [-0.4, -0.2) is 10.8 Å². The van der Waals surface area contributed by atoms with Crippen molar-refractivity contribution >= 4 is 39.5 Å². The molecule has 0 saturated carbocycles. The molecule has 0 aliphatic heterocycles. The minimum atomic E-state index is 0.0597. The van der Waals surface area contributed by atoms with E-state index >= 15 is 0 Å². The summed E-state index contributed by atoms with van der Waals surface area (Å²) in [7, 11) is 0. The highest BCUT2D eigenvalue weighted by Gasteiger charge is 2.08. The Kier molecular flexibility index (Phi) is 4.46. The maximum Gasteiger partial charge on any atom is 0.187 e. The van der Waals surface area contributed by atoms with Crippen LogP contribution in [-0.2, 0) is 0 Å². The number of aryl methyl sites for hydroxylation is 1. The first-order chi connectivity index (χ1) is 11.0. The van der Waals surface area contributed by atoms with Crippen molar-refractivity contribution in [1.82, 2.24) is 4.98 Å². The van der Waals surface area contributed by atoms with Gasteiger partial charge in [0.2, 0.25) is 0 Å². The fraction of sp³-hybridized carbons (Fsp3) is 0.111. The average molecular weight is 343 g/mol. The molecule has 1 heterocycles. The number of anilines is 2. The van der Waals surface area contributed by atoms with Gasteiger partial charge in [0.25, 0.3) is 0 Å². The highest BCUT2D eigenvalue weighted by Crippen LogP contribution is 2.30. The molecule has 3 rings (SSSR count). The van der Waals surface area contributed by atoms with Gasteiger partial charge in [-0.15, -0.1) is 11.3 Å². The Morgan fingerprint density at radius 3 is 2.61 bits per heavy atom. The number of ketones is 1. The Hall–Kier alpha value is -2.17. The van der Waals surface area contributed by atoms with Crippen LogP contribution < -0.4 is 5.32 Å². The van der Waals surface area contributed by atoms with Crippen LogP contribution in [0.2, 0.25) is 5.02 Å². The van der Waals surface area contributed by atoms with E-state index in [1.807, 2.05) is 42.6 Å². The summed E-state index contributed by atoms with van der Waals surface area (Å²) >= 11 is 7.61. The van der Waals surface area contributed by atoms with Crippen LogP contribution in [0, 0.1) is 6.92 Å². The number of rotatable bonds is 4. The maximum atomic E-state index is 11.3. The van der Waals surface area contributed by atoms with Crippen molar-refractivity contribution in [3.05, 3.63) is 64.0 Å². The number of aromatic nitrogens is 1. The number of hydrogen-bond donors (Lipinski definition) is 1. The number of carbonyl (C=O) groups is 1. The van der Waals surface area contributed by atoms with E-state index in [0.29, 0.717) is 10.6 Å². The van der Waals surface area contributed by atoms with Gasteiger partial charge >= 0.3 is 0 Å². The standard InChI is InChI=1S/C18H15ClN2OS/c1-11-3-6-14(19)9-16(11)17-10-23-18(21-17)20-15-7-4-13(5-8-15)12(2)22/h3-10H,1-2H3,(H,20,21). The number of Topliss-reactive ketones (excluding diaryl/α,β-unsaturated/α-hetero) is 1. The first-order valence-corrected chi connectivity index (χ1v) is 8.39. The fourth-order valence-corrected chi connectivity index (χ4v) is 3.14. The van der Waals surface area contributed by atoms with E-state index in [0.717, 1.165) is 27.6 Å². The molecule has 0 aliphatic carbocycles. The molecule has 0 radical (unpaired) electrons. The van der Waals surface area contributed by atoms with Crippen molar-refractivity contribution in [2.75, 3.05) is 5.32 Å². The van der Waals surface area contributed by atoms with Gasteiger partial charge in [0.1, 0.15) is 0 Å². The van der Waals surface area contributed by atoms with Crippen molar-refractivity contribution in [2.45, 2.75) is 13.8 Å². The number of nitrogens with one attached hydrogen (secondary N) is 1. The van der Waals surface area contributed by atoms with Crippen LogP contribution in [0.15, 0.2) is 47.8 Å². The normalized spacial score (nSPS) is 10.6.